The van der Waals surface area contributed by atoms with Crippen LogP contribution in [0.1, 0.15) is 11.3 Å². The summed E-state index contributed by atoms with van der Waals surface area (Å²) >= 11 is 1.41. The minimum Gasteiger partial charge on any atom is -0.316 e. The van der Waals surface area contributed by atoms with Gasteiger partial charge in [0.25, 0.3) is 0 Å². The molecule has 18 heavy (non-hydrogen) atoms. The molecule has 0 aliphatic heterocycles. The second-order valence-electron chi connectivity index (χ2n) is 4.06. The van der Waals surface area contributed by atoms with Gasteiger partial charge in [0.2, 0.25) is 0 Å². The van der Waals surface area contributed by atoms with Crippen molar-refractivity contribution in [2.75, 3.05) is 7.05 Å². The summed E-state index contributed by atoms with van der Waals surface area (Å²) in [6, 6.07) is 6.80. The molecule has 0 saturated carbocycles. The van der Waals surface area contributed by atoms with E-state index in [0.717, 1.165) is 22.8 Å². The van der Waals surface area contributed by atoms with Crippen LogP contribution in [0.15, 0.2) is 34.2 Å². The fourth-order valence-electron chi connectivity index (χ4n) is 1.82. The van der Waals surface area contributed by atoms with Gasteiger partial charge in [-0.2, -0.15) is 5.10 Å². The maximum Gasteiger partial charge on any atom is 0.137 e. The highest BCUT2D eigenvalue weighted by atomic mass is 32.2. The molecule has 0 bridgehead atoms. The van der Waals surface area contributed by atoms with E-state index < -0.39 is 0 Å². The Labute approximate surface area is 110 Å². The Bertz CT molecular complexity index is 551. The van der Waals surface area contributed by atoms with Crippen molar-refractivity contribution >= 4 is 11.8 Å². The number of rotatable bonds is 4. The van der Waals surface area contributed by atoms with Crippen LogP contribution >= 0.6 is 11.8 Å². The fourth-order valence-corrected chi connectivity index (χ4v) is 2.86. The monoisotopic (exact) mass is 265 g/mol. The Morgan fingerprint density at radius 3 is 2.78 bits per heavy atom. The number of aryl methyl sites for hydroxylation is 2. The molecule has 0 saturated heterocycles. The van der Waals surface area contributed by atoms with Gasteiger partial charge in [0.15, 0.2) is 0 Å². The van der Waals surface area contributed by atoms with Crippen LogP contribution < -0.4 is 5.32 Å². The van der Waals surface area contributed by atoms with Crippen LogP contribution in [0.2, 0.25) is 0 Å². The third-order valence-electron chi connectivity index (χ3n) is 2.69. The van der Waals surface area contributed by atoms with Crippen molar-refractivity contribution in [2.24, 2.45) is 7.05 Å². The van der Waals surface area contributed by atoms with E-state index in [-0.39, 0.29) is 5.82 Å². The molecule has 96 valence electrons. The van der Waals surface area contributed by atoms with Crippen molar-refractivity contribution in [3.63, 3.8) is 0 Å². The Morgan fingerprint density at radius 2 is 2.11 bits per heavy atom. The highest BCUT2D eigenvalue weighted by Crippen LogP contribution is 2.33. The SMILES string of the molecule is CNCc1c(C)nn(C)c1Sc1ccccc1F. The highest BCUT2D eigenvalue weighted by Gasteiger charge is 2.15. The number of nitrogens with one attached hydrogen (secondary N) is 1. The molecule has 2 rings (SSSR count). The molecular formula is C13H16FN3S. The second-order valence-corrected chi connectivity index (χ2v) is 5.09. The van der Waals surface area contributed by atoms with Crippen molar-refractivity contribution in [3.8, 4) is 0 Å². The average molecular weight is 265 g/mol. The molecule has 5 heteroatoms. The molecule has 0 unspecified atom stereocenters. The van der Waals surface area contributed by atoms with Crippen molar-refractivity contribution in [2.45, 2.75) is 23.4 Å². The van der Waals surface area contributed by atoms with Crippen LogP contribution in [0.5, 0.6) is 0 Å². The fraction of sp³-hybridized carbons (Fsp3) is 0.308. The molecule has 3 nitrogen and oxygen atoms in total. The second kappa shape index (κ2) is 5.54. The molecule has 1 N–H and O–H groups in total. The first kappa shape index (κ1) is 13.1. The lowest BCUT2D eigenvalue weighted by Crippen LogP contribution is -2.06. The summed E-state index contributed by atoms with van der Waals surface area (Å²) in [5.41, 5.74) is 2.10. The van der Waals surface area contributed by atoms with Crippen LogP contribution in [0.3, 0.4) is 0 Å². The third-order valence-corrected chi connectivity index (χ3v) is 3.94. The summed E-state index contributed by atoms with van der Waals surface area (Å²) < 4.78 is 15.5. The van der Waals surface area contributed by atoms with Crippen LogP contribution in [0.4, 0.5) is 4.39 Å². The molecule has 2 aromatic rings. The summed E-state index contributed by atoms with van der Waals surface area (Å²) in [4.78, 5) is 0.623. The molecular weight excluding hydrogens is 249 g/mol. The maximum absolute atomic E-state index is 13.7. The molecule has 0 radical (unpaired) electrons. The third kappa shape index (κ3) is 2.57. The summed E-state index contributed by atoms with van der Waals surface area (Å²) in [5, 5.41) is 8.49. The number of halogens is 1. The zero-order chi connectivity index (χ0) is 13.1. The molecule has 1 aromatic carbocycles. The number of hydrogen-bond donors (Lipinski definition) is 1. The van der Waals surface area contributed by atoms with E-state index >= 15 is 0 Å². The van der Waals surface area contributed by atoms with Gasteiger partial charge in [-0.3, -0.25) is 4.68 Å². The minimum atomic E-state index is -0.197. The molecule has 0 atom stereocenters. The summed E-state index contributed by atoms with van der Waals surface area (Å²) in [6.07, 6.45) is 0. The number of nitrogens with zero attached hydrogens (tertiary/aromatic N) is 2. The quantitative estimate of drug-likeness (QED) is 0.922. The van der Waals surface area contributed by atoms with Gasteiger partial charge in [-0.15, -0.1) is 0 Å². The summed E-state index contributed by atoms with van der Waals surface area (Å²) in [5.74, 6) is -0.197. The lowest BCUT2D eigenvalue weighted by Gasteiger charge is -2.06. The Hall–Kier alpha value is -1.33. The Kier molecular flexibility index (Phi) is 4.04. The number of benzene rings is 1. The van der Waals surface area contributed by atoms with Crippen molar-refractivity contribution in [1.82, 2.24) is 15.1 Å². The van der Waals surface area contributed by atoms with Gasteiger partial charge in [-0.25, -0.2) is 4.39 Å². The van der Waals surface area contributed by atoms with Crippen LogP contribution in [0.25, 0.3) is 0 Å². The van der Waals surface area contributed by atoms with Gasteiger partial charge in [0.05, 0.1) is 5.69 Å². The zero-order valence-electron chi connectivity index (χ0n) is 10.7. The summed E-state index contributed by atoms with van der Waals surface area (Å²) in [7, 11) is 3.78. The van der Waals surface area contributed by atoms with Crippen molar-refractivity contribution in [3.05, 3.63) is 41.3 Å². The van der Waals surface area contributed by atoms with Gasteiger partial charge >= 0.3 is 0 Å². The molecule has 0 aliphatic carbocycles. The lowest BCUT2D eigenvalue weighted by molar-refractivity contribution is 0.601. The van der Waals surface area contributed by atoms with E-state index in [1.165, 1.54) is 17.8 Å². The van der Waals surface area contributed by atoms with E-state index in [0.29, 0.717) is 4.90 Å². The molecule has 0 spiro atoms. The van der Waals surface area contributed by atoms with E-state index in [4.69, 9.17) is 0 Å². The van der Waals surface area contributed by atoms with Crippen LogP contribution in [-0.4, -0.2) is 16.8 Å². The van der Waals surface area contributed by atoms with Crippen LogP contribution in [-0.2, 0) is 13.6 Å². The number of hydrogen-bond acceptors (Lipinski definition) is 3. The zero-order valence-corrected chi connectivity index (χ0v) is 11.5. The van der Waals surface area contributed by atoms with E-state index in [2.05, 4.69) is 10.4 Å². The summed E-state index contributed by atoms with van der Waals surface area (Å²) in [6.45, 7) is 2.70. The van der Waals surface area contributed by atoms with Gasteiger partial charge in [0, 0.05) is 24.1 Å². The van der Waals surface area contributed by atoms with E-state index in [1.807, 2.05) is 27.1 Å². The smallest absolute Gasteiger partial charge is 0.137 e. The van der Waals surface area contributed by atoms with Crippen LogP contribution in [0, 0.1) is 12.7 Å². The molecule has 0 amide bonds. The predicted molar refractivity (Wildman–Crippen MR) is 71.2 cm³/mol. The maximum atomic E-state index is 13.7. The highest BCUT2D eigenvalue weighted by molar-refractivity contribution is 7.99. The first-order valence-corrected chi connectivity index (χ1v) is 6.54. The molecule has 0 aliphatic rings. The van der Waals surface area contributed by atoms with Crippen molar-refractivity contribution < 1.29 is 4.39 Å². The van der Waals surface area contributed by atoms with Gasteiger partial charge in [-0.1, -0.05) is 23.9 Å². The van der Waals surface area contributed by atoms with Gasteiger partial charge < -0.3 is 5.32 Å². The van der Waals surface area contributed by atoms with Crippen molar-refractivity contribution in [1.29, 1.82) is 0 Å². The Balaban J connectivity index is 2.37. The van der Waals surface area contributed by atoms with E-state index in [1.54, 1.807) is 16.8 Å². The molecule has 1 heterocycles. The predicted octanol–water partition coefficient (Wildman–Crippen LogP) is 2.74. The molecule has 0 fully saturated rings. The first-order valence-electron chi connectivity index (χ1n) is 5.73. The normalized spacial score (nSPS) is 10.9. The minimum absolute atomic E-state index is 0.197. The first-order chi connectivity index (χ1) is 8.63. The van der Waals surface area contributed by atoms with E-state index in [9.17, 15) is 4.39 Å². The van der Waals surface area contributed by atoms with Gasteiger partial charge in [-0.05, 0) is 26.1 Å². The Morgan fingerprint density at radius 1 is 1.39 bits per heavy atom. The number of aromatic nitrogens is 2. The topological polar surface area (TPSA) is 29.9 Å². The van der Waals surface area contributed by atoms with Gasteiger partial charge in [0.1, 0.15) is 10.8 Å². The lowest BCUT2D eigenvalue weighted by atomic mass is 10.3. The standard InChI is InChI=1S/C13H16FN3S/c1-9-10(8-15-2)13(17(3)16-9)18-12-7-5-4-6-11(12)14/h4-7,15H,8H2,1-3H3. The average Bonchev–Trinajstić information content (AvgIpc) is 2.59. The largest absolute Gasteiger partial charge is 0.316 e. The molecule has 1 aromatic heterocycles.